The normalized spacial score (nSPS) is 13.8. The van der Waals surface area contributed by atoms with Gasteiger partial charge in [-0.15, -0.1) is 0 Å². The maximum atomic E-state index is 9.16. The van der Waals surface area contributed by atoms with Crippen molar-refractivity contribution < 1.29 is 14.6 Å². The monoisotopic (exact) mass is 280 g/mol. The molecule has 0 fully saturated rings. The molecule has 0 saturated carbocycles. The molecule has 2 rings (SSSR count). The zero-order chi connectivity index (χ0) is 14.4. The highest BCUT2D eigenvalue weighted by molar-refractivity contribution is 5.58. The van der Waals surface area contributed by atoms with Crippen molar-refractivity contribution in [1.29, 1.82) is 0 Å². The molecule has 0 bridgehead atoms. The standard InChI is InChI=1S/C15H24N2O3/c1-2-3-4-17(5-6-18)11-12-9-14-15(10-13(12)16)20-8-7-19-14/h9-10,18H,2-8,11,16H2,1H3. The molecule has 0 amide bonds. The number of ether oxygens (including phenoxy) is 2. The fourth-order valence-corrected chi connectivity index (χ4v) is 2.32. The van der Waals surface area contributed by atoms with Gasteiger partial charge in [-0.1, -0.05) is 13.3 Å². The average molecular weight is 280 g/mol. The molecule has 3 N–H and O–H groups in total. The minimum Gasteiger partial charge on any atom is -0.486 e. The van der Waals surface area contributed by atoms with Crippen LogP contribution in [0.1, 0.15) is 25.3 Å². The first-order valence-electron chi connectivity index (χ1n) is 7.25. The smallest absolute Gasteiger partial charge is 0.163 e. The minimum atomic E-state index is 0.161. The Morgan fingerprint density at radius 1 is 1.20 bits per heavy atom. The van der Waals surface area contributed by atoms with Crippen molar-refractivity contribution in [3.8, 4) is 11.5 Å². The van der Waals surface area contributed by atoms with Gasteiger partial charge in [0.25, 0.3) is 0 Å². The maximum Gasteiger partial charge on any atom is 0.163 e. The van der Waals surface area contributed by atoms with Gasteiger partial charge < -0.3 is 20.3 Å². The molecule has 20 heavy (non-hydrogen) atoms. The van der Waals surface area contributed by atoms with Crippen LogP contribution in [0.3, 0.4) is 0 Å². The molecular weight excluding hydrogens is 256 g/mol. The van der Waals surface area contributed by atoms with Gasteiger partial charge in [0.1, 0.15) is 13.2 Å². The first kappa shape index (κ1) is 14.9. The van der Waals surface area contributed by atoms with Gasteiger partial charge in [0, 0.05) is 24.8 Å². The second-order valence-electron chi connectivity index (χ2n) is 5.05. The summed E-state index contributed by atoms with van der Waals surface area (Å²) in [5.74, 6) is 1.49. The Bertz CT molecular complexity index is 437. The van der Waals surface area contributed by atoms with E-state index in [1.165, 1.54) is 0 Å². The lowest BCUT2D eigenvalue weighted by molar-refractivity contribution is 0.170. The number of aliphatic hydroxyl groups is 1. The molecule has 5 heteroatoms. The quantitative estimate of drug-likeness (QED) is 0.743. The topological polar surface area (TPSA) is 68.0 Å². The fraction of sp³-hybridized carbons (Fsp3) is 0.600. The van der Waals surface area contributed by atoms with E-state index in [1.54, 1.807) is 0 Å². The number of nitrogens with two attached hydrogens (primary N) is 1. The third kappa shape index (κ3) is 3.77. The number of aliphatic hydroxyl groups excluding tert-OH is 1. The van der Waals surface area contributed by atoms with Crippen LogP contribution in [0, 0.1) is 0 Å². The van der Waals surface area contributed by atoms with Crippen molar-refractivity contribution >= 4 is 5.69 Å². The first-order valence-corrected chi connectivity index (χ1v) is 7.25. The number of nitrogen functional groups attached to an aromatic ring is 1. The number of benzene rings is 1. The molecule has 0 aromatic heterocycles. The molecule has 0 atom stereocenters. The van der Waals surface area contributed by atoms with E-state index in [0.29, 0.717) is 25.4 Å². The summed E-state index contributed by atoms with van der Waals surface area (Å²) < 4.78 is 11.1. The number of unbranched alkanes of at least 4 members (excludes halogenated alkanes) is 1. The predicted molar refractivity (Wildman–Crippen MR) is 79.1 cm³/mol. The highest BCUT2D eigenvalue weighted by atomic mass is 16.6. The lowest BCUT2D eigenvalue weighted by Crippen LogP contribution is -2.28. The van der Waals surface area contributed by atoms with E-state index in [0.717, 1.165) is 43.0 Å². The molecule has 0 unspecified atom stereocenters. The molecule has 1 aliphatic heterocycles. The average Bonchev–Trinajstić information content (AvgIpc) is 2.45. The van der Waals surface area contributed by atoms with Gasteiger partial charge in [-0.3, -0.25) is 4.90 Å². The Morgan fingerprint density at radius 2 is 1.90 bits per heavy atom. The molecule has 1 aromatic carbocycles. The SMILES string of the molecule is CCCCN(CCO)Cc1cc2c(cc1N)OCCO2. The van der Waals surface area contributed by atoms with Crippen molar-refractivity contribution in [2.24, 2.45) is 0 Å². The number of hydrogen-bond acceptors (Lipinski definition) is 5. The minimum absolute atomic E-state index is 0.161. The zero-order valence-electron chi connectivity index (χ0n) is 12.1. The van der Waals surface area contributed by atoms with Gasteiger partial charge in [-0.2, -0.15) is 0 Å². The second-order valence-corrected chi connectivity index (χ2v) is 5.05. The third-order valence-corrected chi connectivity index (χ3v) is 3.44. The molecular formula is C15H24N2O3. The van der Waals surface area contributed by atoms with Crippen molar-refractivity contribution in [2.75, 3.05) is 38.6 Å². The summed E-state index contributed by atoms with van der Waals surface area (Å²) in [5, 5.41) is 9.16. The Hall–Kier alpha value is -1.46. The number of hydrogen-bond donors (Lipinski definition) is 2. The number of fused-ring (bicyclic) bond motifs is 1. The molecule has 1 aromatic rings. The molecule has 1 aliphatic rings. The zero-order valence-corrected chi connectivity index (χ0v) is 12.1. The van der Waals surface area contributed by atoms with E-state index < -0.39 is 0 Å². The van der Waals surface area contributed by atoms with E-state index in [9.17, 15) is 0 Å². The molecule has 112 valence electrons. The Labute approximate surface area is 120 Å². The number of anilines is 1. The summed E-state index contributed by atoms with van der Waals surface area (Å²) in [7, 11) is 0. The van der Waals surface area contributed by atoms with Crippen LogP contribution in [-0.4, -0.2) is 42.9 Å². The van der Waals surface area contributed by atoms with Gasteiger partial charge in [-0.25, -0.2) is 0 Å². The maximum absolute atomic E-state index is 9.16. The lowest BCUT2D eigenvalue weighted by atomic mass is 10.1. The van der Waals surface area contributed by atoms with Gasteiger partial charge in [0.2, 0.25) is 0 Å². The highest BCUT2D eigenvalue weighted by Crippen LogP contribution is 2.34. The molecule has 5 nitrogen and oxygen atoms in total. The number of nitrogens with zero attached hydrogens (tertiary/aromatic N) is 1. The van der Waals surface area contributed by atoms with Crippen LogP contribution in [0.4, 0.5) is 5.69 Å². The Balaban J connectivity index is 2.10. The van der Waals surface area contributed by atoms with Crippen molar-refractivity contribution in [2.45, 2.75) is 26.3 Å². The van der Waals surface area contributed by atoms with E-state index in [1.807, 2.05) is 12.1 Å². The van der Waals surface area contributed by atoms with E-state index in [-0.39, 0.29) is 6.61 Å². The van der Waals surface area contributed by atoms with Gasteiger partial charge in [-0.05, 0) is 24.6 Å². The van der Waals surface area contributed by atoms with E-state index in [2.05, 4.69) is 11.8 Å². The molecule has 1 heterocycles. The van der Waals surface area contributed by atoms with Crippen LogP contribution in [0.15, 0.2) is 12.1 Å². The van der Waals surface area contributed by atoms with Crippen LogP contribution in [-0.2, 0) is 6.54 Å². The summed E-state index contributed by atoms with van der Waals surface area (Å²) in [5.41, 5.74) is 7.84. The Morgan fingerprint density at radius 3 is 2.55 bits per heavy atom. The van der Waals surface area contributed by atoms with Crippen molar-refractivity contribution in [3.63, 3.8) is 0 Å². The molecule has 0 saturated heterocycles. The summed E-state index contributed by atoms with van der Waals surface area (Å²) in [6, 6.07) is 3.79. The Kier molecular flexibility index (Phi) is 5.49. The lowest BCUT2D eigenvalue weighted by Gasteiger charge is -2.24. The van der Waals surface area contributed by atoms with Gasteiger partial charge in [0.15, 0.2) is 11.5 Å². The van der Waals surface area contributed by atoms with Crippen LogP contribution in [0.5, 0.6) is 11.5 Å². The first-order chi connectivity index (χ1) is 9.74. The summed E-state index contributed by atoms with van der Waals surface area (Å²) >= 11 is 0. The van der Waals surface area contributed by atoms with Crippen LogP contribution in [0.25, 0.3) is 0 Å². The highest BCUT2D eigenvalue weighted by Gasteiger charge is 2.16. The molecule has 0 aliphatic carbocycles. The third-order valence-electron chi connectivity index (χ3n) is 3.44. The van der Waals surface area contributed by atoms with Gasteiger partial charge >= 0.3 is 0 Å². The largest absolute Gasteiger partial charge is 0.486 e. The van der Waals surface area contributed by atoms with Crippen LogP contribution < -0.4 is 15.2 Å². The van der Waals surface area contributed by atoms with Gasteiger partial charge in [0.05, 0.1) is 6.61 Å². The van der Waals surface area contributed by atoms with E-state index >= 15 is 0 Å². The van der Waals surface area contributed by atoms with Crippen molar-refractivity contribution in [1.82, 2.24) is 4.90 Å². The molecule has 0 spiro atoms. The van der Waals surface area contributed by atoms with E-state index in [4.69, 9.17) is 20.3 Å². The second kappa shape index (κ2) is 7.36. The molecule has 0 radical (unpaired) electrons. The summed E-state index contributed by atoms with van der Waals surface area (Å²) in [6.07, 6.45) is 2.25. The van der Waals surface area contributed by atoms with Crippen LogP contribution >= 0.6 is 0 Å². The summed E-state index contributed by atoms with van der Waals surface area (Å²) in [6.45, 7) is 5.82. The summed E-state index contributed by atoms with van der Waals surface area (Å²) in [4.78, 5) is 2.21. The fourth-order valence-electron chi connectivity index (χ4n) is 2.32. The number of rotatable bonds is 7. The predicted octanol–water partition coefficient (Wildman–Crippen LogP) is 1.63. The van der Waals surface area contributed by atoms with Crippen LogP contribution in [0.2, 0.25) is 0 Å². The van der Waals surface area contributed by atoms with Crippen molar-refractivity contribution in [3.05, 3.63) is 17.7 Å².